The van der Waals surface area contributed by atoms with E-state index in [-0.39, 0.29) is 10.6 Å². The van der Waals surface area contributed by atoms with Gasteiger partial charge in [0.2, 0.25) is 0 Å². The van der Waals surface area contributed by atoms with Crippen LogP contribution in [0.4, 0.5) is 5.69 Å². The van der Waals surface area contributed by atoms with Crippen LogP contribution in [0.3, 0.4) is 0 Å². The average Bonchev–Trinajstić information content (AvgIpc) is 2.04. The Morgan fingerprint density at radius 3 is 2.58 bits per heavy atom. The Balaban J connectivity index is 3.10. The molecule has 1 aromatic carbocycles. The molecule has 12 heavy (non-hydrogen) atoms. The van der Waals surface area contributed by atoms with Crippen LogP contribution in [0.25, 0.3) is 0 Å². The first-order valence-electron chi connectivity index (χ1n) is 3.14. The molecule has 0 radical (unpaired) electrons. The van der Waals surface area contributed by atoms with Crippen LogP contribution in [0, 0.1) is 13.7 Å². The number of benzene rings is 1. The van der Waals surface area contributed by atoms with Gasteiger partial charge in [0.05, 0.1) is 4.92 Å². The Morgan fingerprint density at radius 1 is 1.50 bits per heavy atom. The molecule has 0 heterocycles. The third-order valence-corrected chi connectivity index (χ3v) is 3.22. The van der Waals surface area contributed by atoms with Gasteiger partial charge in [-0.05, 0) is 28.2 Å². The molecule has 5 heteroatoms. The lowest BCUT2D eigenvalue weighted by Gasteiger charge is -1.98. The van der Waals surface area contributed by atoms with Crippen molar-refractivity contribution < 1.29 is 4.92 Å². The maximum absolute atomic E-state index is 10.4. The molecule has 0 aromatic heterocycles. The van der Waals surface area contributed by atoms with Gasteiger partial charge in [0, 0.05) is 20.1 Å². The number of halogens is 2. The van der Waals surface area contributed by atoms with Crippen molar-refractivity contribution >= 4 is 50.9 Å². The van der Waals surface area contributed by atoms with Crippen molar-refractivity contribution in [1.29, 1.82) is 0 Å². The van der Waals surface area contributed by atoms with Crippen LogP contribution < -0.4 is 0 Å². The molecule has 0 amide bonds. The molecule has 0 fully saturated rings. The molecule has 0 atom stereocenters. The van der Waals surface area contributed by atoms with E-state index in [0.717, 1.165) is 13.6 Å². The maximum atomic E-state index is 10.4. The highest BCUT2D eigenvalue weighted by molar-refractivity contribution is 14.1. The van der Waals surface area contributed by atoms with Gasteiger partial charge in [0.1, 0.15) is 0 Å². The third kappa shape index (κ3) is 2.28. The van der Waals surface area contributed by atoms with Crippen LogP contribution in [-0.4, -0.2) is 4.92 Å². The summed E-state index contributed by atoms with van der Waals surface area (Å²) in [5.41, 5.74) is 1.30. The van der Waals surface area contributed by atoms with Crippen molar-refractivity contribution in [3.8, 4) is 0 Å². The smallest absolute Gasteiger partial charge is 0.258 e. The van der Waals surface area contributed by atoms with Gasteiger partial charge in [-0.15, -0.1) is 0 Å². The predicted molar refractivity (Wildman–Crippen MR) is 63.5 cm³/mol. The van der Waals surface area contributed by atoms with E-state index in [1.165, 1.54) is 6.07 Å². The standard InChI is InChI=1S/C7H5I2NO2/c8-4-5-1-2-6(10(11)12)3-7(5)9/h1-3H,4H2. The summed E-state index contributed by atoms with van der Waals surface area (Å²) in [6.07, 6.45) is 0. The van der Waals surface area contributed by atoms with Gasteiger partial charge in [0.15, 0.2) is 0 Å². The van der Waals surface area contributed by atoms with Gasteiger partial charge < -0.3 is 0 Å². The first-order valence-corrected chi connectivity index (χ1v) is 5.74. The highest BCUT2D eigenvalue weighted by atomic mass is 127. The van der Waals surface area contributed by atoms with E-state index in [0.29, 0.717) is 0 Å². The number of hydrogen-bond donors (Lipinski definition) is 0. The molecule has 0 saturated carbocycles. The normalized spacial score (nSPS) is 9.83. The number of nitro groups is 1. The lowest BCUT2D eigenvalue weighted by atomic mass is 10.2. The summed E-state index contributed by atoms with van der Waals surface area (Å²) in [5, 5.41) is 10.4. The summed E-state index contributed by atoms with van der Waals surface area (Å²) < 4.78 is 1.84. The van der Waals surface area contributed by atoms with E-state index < -0.39 is 0 Å². The molecule has 64 valence electrons. The molecular formula is C7H5I2NO2. The largest absolute Gasteiger partial charge is 0.270 e. The molecule has 0 aliphatic heterocycles. The second-order valence-electron chi connectivity index (χ2n) is 2.17. The maximum Gasteiger partial charge on any atom is 0.270 e. The minimum absolute atomic E-state index is 0.160. The summed E-state index contributed by atoms with van der Waals surface area (Å²) >= 11 is 4.34. The third-order valence-electron chi connectivity index (χ3n) is 1.39. The molecule has 1 rings (SSSR count). The molecule has 0 unspecified atom stereocenters. The second kappa shape index (κ2) is 4.35. The number of non-ortho nitro benzene ring substituents is 1. The van der Waals surface area contributed by atoms with Crippen molar-refractivity contribution in [2.24, 2.45) is 0 Å². The van der Waals surface area contributed by atoms with Crippen LogP contribution >= 0.6 is 45.2 Å². The van der Waals surface area contributed by atoms with Crippen molar-refractivity contribution in [3.05, 3.63) is 37.4 Å². The molecule has 0 aliphatic carbocycles. The molecule has 0 N–H and O–H groups in total. The van der Waals surface area contributed by atoms with E-state index in [1.54, 1.807) is 12.1 Å². The van der Waals surface area contributed by atoms with E-state index in [1.807, 2.05) is 0 Å². The Bertz CT molecular complexity index is 314. The van der Waals surface area contributed by atoms with Crippen molar-refractivity contribution in [3.63, 3.8) is 0 Å². The fourth-order valence-corrected chi connectivity index (χ4v) is 2.84. The zero-order valence-corrected chi connectivity index (χ0v) is 10.3. The van der Waals surface area contributed by atoms with Gasteiger partial charge in [-0.1, -0.05) is 28.7 Å². The number of alkyl halides is 1. The van der Waals surface area contributed by atoms with Crippen molar-refractivity contribution in [1.82, 2.24) is 0 Å². The van der Waals surface area contributed by atoms with E-state index in [9.17, 15) is 10.1 Å². The Hall–Kier alpha value is 0.0800. The molecular weight excluding hydrogens is 384 g/mol. The van der Waals surface area contributed by atoms with Gasteiger partial charge in [-0.2, -0.15) is 0 Å². The highest BCUT2D eigenvalue weighted by Gasteiger charge is 2.07. The monoisotopic (exact) mass is 389 g/mol. The minimum atomic E-state index is -0.376. The average molecular weight is 389 g/mol. The minimum Gasteiger partial charge on any atom is -0.258 e. The summed E-state index contributed by atoms with van der Waals surface area (Å²) in [7, 11) is 0. The van der Waals surface area contributed by atoms with E-state index in [4.69, 9.17) is 0 Å². The quantitative estimate of drug-likeness (QED) is 0.338. The number of hydrogen-bond acceptors (Lipinski definition) is 2. The zero-order valence-electron chi connectivity index (χ0n) is 5.96. The Labute approximate surface area is 97.0 Å². The fourth-order valence-electron chi connectivity index (χ4n) is 0.758. The summed E-state index contributed by atoms with van der Waals surface area (Å²) in [6.45, 7) is 0. The molecule has 0 spiro atoms. The second-order valence-corrected chi connectivity index (χ2v) is 4.09. The van der Waals surface area contributed by atoms with Crippen LogP contribution in [0.5, 0.6) is 0 Å². The Kier molecular flexibility index (Phi) is 3.69. The fraction of sp³-hybridized carbons (Fsp3) is 0.143. The van der Waals surface area contributed by atoms with Gasteiger partial charge >= 0.3 is 0 Å². The van der Waals surface area contributed by atoms with Crippen LogP contribution in [0.15, 0.2) is 18.2 Å². The molecule has 3 nitrogen and oxygen atoms in total. The van der Waals surface area contributed by atoms with Crippen LogP contribution in [0.2, 0.25) is 0 Å². The first-order chi connectivity index (χ1) is 5.65. The Morgan fingerprint density at radius 2 is 2.17 bits per heavy atom. The van der Waals surface area contributed by atoms with Gasteiger partial charge in [0.25, 0.3) is 5.69 Å². The predicted octanol–water partition coefficient (Wildman–Crippen LogP) is 3.13. The van der Waals surface area contributed by atoms with Gasteiger partial charge in [-0.25, -0.2) is 0 Å². The van der Waals surface area contributed by atoms with E-state index >= 15 is 0 Å². The summed E-state index contributed by atoms with van der Waals surface area (Å²) in [5.74, 6) is 0. The molecule has 0 bridgehead atoms. The number of rotatable bonds is 2. The SMILES string of the molecule is O=[N+]([O-])c1ccc(CI)c(I)c1. The van der Waals surface area contributed by atoms with Crippen molar-refractivity contribution in [2.75, 3.05) is 0 Å². The van der Waals surface area contributed by atoms with Crippen LogP contribution in [0.1, 0.15) is 5.56 Å². The van der Waals surface area contributed by atoms with Crippen molar-refractivity contribution in [2.45, 2.75) is 4.43 Å². The highest BCUT2D eigenvalue weighted by Crippen LogP contribution is 2.21. The van der Waals surface area contributed by atoms with E-state index in [2.05, 4.69) is 45.2 Å². The van der Waals surface area contributed by atoms with Crippen LogP contribution in [-0.2, 0) is 4.43 Å². The zero-order chi connectivity index (χ0) is 9.14. The van der Waals surface area contributed by atoms with Gasteiger partial charge in [-0.3, -0.25) is 10.1 Å². The first kappa shape index (κ1) is 10.2. The lowest BCUT2D eigenvalue weighted by Crippen LogP contribution is -1.90. The number of nitro benzene ring substituents is 1. The molecule has 1 aromatic rings. The molecule has 0 aliphatic rings. The summed E-state index contributed by atoms with van der Waals surface area (Å²) in [4.78, 5) is 9.98. The summed E-state index contributed by atoms with van der Waals surface area (Å²) in [6, 6.07) is 4.93. The topological polar surface area (TPSA) is 43.1 Å². The molecule has 0 saturated heterocycles. The number of nitrogens with zero attached hydrogens (tertiary/aromatic N) is 1. The lowest BCUT2D eigenvalue weighted by molar-refractivity contribution is -0.385.